The average molecular weight is 481 g/mol. The molecule has 0 saturated carbocycles. The first-order valence-corrected chi connectivity index (χ1v) is 12.3. The second kappa shape index (κ2) is 12.4. The Hall–Kier alpha value is -1.69. The number of nitrogens with zero attached hydrogens (tertiary/aromatic N) is 1. The number of halogens is 2. The molecule has 0 radical (unpaired) electrons. The highest BCUT2D eigenvalue weighted by molar-refractivity contribution is 7.99. The molecule has 0 heterocycles. The van der Waals surface area contributed by atoms with Gasteiger partial charge in [-0.2, -0.15) is 0 Å². The molecule has 168 valence electrons. The molecular weight excluding hydrogens is 451 g/mol. The van der Waals surface area contributed by atoms with Crippen LogP contribution in [-0.2, 0) is 21.9 Å². The van der Waals surface area contributed by atoms with Crippen LogP contribution in [0, 0.1) is 6.92 Å². The first kappa shape index (κ1) is 25.6. The summed E-state index contributed by atoms with van der Waals surface area (Å²) in [7, 11) is 0. The van der Waals surface area contributed by atoms with Crippen LogP contribution in [0.2, 0.25) is 10.0 Å². The highest BCUT2D eigenvalue weighted by atomic mass is 35.5. The van der Waals surface area contributed by atoms with Crippen LogP contribution >= 0.6 is 35.0 Å². The summed E-state index contributed by atoms with van der Waals surface area (Å²) < 4.78 is 0. The summed E-state index contributed by atoms with van der Waals surface area (Å²) >= 11 is 13.9. The second-order valence-electron chi connectivity index (χ2n) is 7.73. The fourth-order valence-electron chi connectivity index (χ4n) is 3.26. The number of benzene rings is 2. The fourth-order valence-corrected chi connectivity index (χ4v) is 4.91. The van der Waals surface area contributed by atoms with E-state index in [2.05, 4.69) is 5.32 Å². The number of hydrogen-bond donors (Lipinski definition) is 1. The first-order valence-electron chi connectivity index (χ1n) is 10.4. The standard InChI is InChI=1S/C24H30Cl2N2O2S/c1-5-22(24(30)27-16(2)3)28(13-18-10-7-6-9-17(18)4)23(29)15-31-14-19-20(25)11-8-12-21(19)26/h6-12,16,22H,5,13-15H2,1-4H3,(H,27,30)/t22-/m0/s1. The molecule has 0 saturated heterocycles. The number of carbonyl (C=O) groups excluding carboxylic acids is 2. The van der Waals surface area contributed by atoms with E-state index in [1.54, 1.807) is 23.1 Å². The van der Waals surface area contributed by atoms with Gasteiger partial charge < -0.3 is 10.2 Å². The number of amides is 2. The Labute approximate surface area is 199 Å². The van der Waals surface area contributed by atoms with Gasteiger partial charge in [0, 0.05) is 28.4 Å². The zero-order chi connectivity index (χ0) is 23.0. The van der Waals surface area contributed by atoms with Crippen molar-refractivity contribution < 1.29 is 9.59 Å². The maximum absolute atomic E-state index is 13.3. The predicted molar refractivity (Wildman–Crippen MR) is 132 cm³/mol. The van der Waals surface area contributed by atoms with Crippen LogP contribution in [0.5, 0.6) is 0 Å². The highest BCUT2D eigenvalue weighted by Gasteiger charge is 2.29. The molecular formula is C24H30Cl2N2O2S. The number of carbonyl (C=O) groups is 2. The molecule has 0 aliphatic heterocycles. The zero-order valence-electron chi connectivity index (χ0n) is 18.5. The molecule has 0 spiro atoms. The Balaban J connectivity index is 2.18. The summed E-state index contributed by atoms with van der Waals surface area (Å²) in [5.74, 6) is 0.553. The monoisotopic (exact) mass is 480 g/mol. The maximum atomic E-state index is 13.3. The predicted octanol–water partition coefficient (Wildman–Crippen LogP) is 5.87. The van der Waals surface area contributed by atoms with Crippen LogP contribution in [0.1, 0.15) is 43.9 Å². The van der Waals surface area contributed by atoms with Gasteiger partial charge in [-0.05, 0) is 56.0 Å². The molecule has 0 aliphatic rings. The van der Waals surface area contributed by atoms with Crippen LogP contribution in [0.4, 0.5) is 0 Å². The minimum atomic E-state index is -0.529. The molecule has 1 N–H and O–H groups in total. The normalized spacial score (nSPS) is 12.0. The average Bonchev–Trinajstić information content (AvgIpc) is 2.70. The summed E-state index contributed by atoms with van der Waals surface area (Å²) in [5.41, 5.74) is 2.94. The Morgan fingerprint density at radius 3 is 2.29 bits per heavy atom. The van der Waals surface area contributed by atoms with Crippen LogP contribution in [0.15, 0.2) is 42.5 Å². The van der Waals surface area contributed by atoms with Gasteiger partial charge in [0.05, 0.1) is 5.75 Å². The van der Waals surface area contributed by atoms with Crippen molar-refractivity contribution in [3.8, 4) is 0 Å². The second-order valence-corrected chi connectivity index (χ2v) is 9.53. The lowest BCUT2D eigenvalue weighted by Gasteiger charge is -2.31. The Bertz CT molecular complexity index is 885. The maximum Gasteiger partial charge on any atom is 0.243 e. The topological polar surface area (TPSA) is 49.4 Å². The third-order valence-corrected chi connectivity index (χ3v) is 6.60. The Morgan fingerprint density at radius 1 is 1.06 bits per heavy atom. The number of hydrogen-bond acceptors (Lipinski definition) is 3. The van der Waals surface area contributed by atoms with Crippen molar-refractivity contribution in [3.63, 3.8) is 0 Å². The van der Waals surface area contributed by atoms with Gasteiger partial charge in [0.2, 0.25) is 11.8 Å². The molecule has 0 fully saturated rings. The van der Waals surface area contributed by atoms with Gasteiger partial charge in [-0.1, -0.05) is 60.5 Å². The van der Waals surface area contributed by atoms with Gasteiger partial charge in [0.1, 0.15) is 6.04 Å². The molecule has 4 nitrogen and oxygen atoms in total. The van der Waals surface area contributed by atoms with Crippen molar-refractivity contribution in [1.82, 2.24) is 10.2 Å². The molecule has 31 heavy (non-hydrogen) atoms. The van der Waals surface area contributed by atoms with Gasteiger partial charge in [-0.25, -0.2) is 0 Å². The van der Waals surface area contributed by atoms with Gasteiger partial charge in [0.15, 0.2) is 0 Å². The Kier molecular flexibility index (Phi) is 10.2. The molecule has 2 aromatic carbocycles. The Morgan fingerprint density at radius 2 is 1.71 bits per heavy atom. The molecule has 2 amide bonds. The molecule has 2 aromatic rings. The third-order valence-electron chi connectivity index (χ3n) is 4.95. The van der Waals surface area contributed by atoms with Crippen LogP contribution in [0.25, 0.3) is 0 Å². The molecule has 0 bridgehead atoms. The summed E-state index contributed by atoms with van der Waals surface area (Å²) in [4.78, 5) is 27.8. The number of nitrogens with one attached hydrogen (secondary N) is 1. The van der Waals surface area contributed by atoms with E-state index in [4.69, 9.17) is 23.2 Å². The van der Waals surface area contributed by atoms with E-state index in [-0.39, 0.29) is 23.6 Å². The van der Waals surface area contributed by atoms with E-state index in [0.29, 0.717) is 28.8 Å². The summed E-state index contributed by atoms with van der Waals surface area (Å²) in [5, 5.41) is 4.13. The van der Waals surface area contributed by atoms with Crippen molar-refractivity contribution >= 4 is 46.8 Å². The SMILES string of the molecule is CC[C@@H](C(=O)NC(C)C)N(Cc1ccccc1C)C(=O)CSCc1c(Cl)cccc1Cl. The number of thioether (sulfide) groups is 1. The molecule has 0 aliphatic carbocycles. The van der Waals surface area contributed by atoms with Crippen LogP contribution in [-0.4, -0.2) is 34.6 Å². The third kappa shape index (κ3) is 7.44. The quantitative estimate of drug-likeness (QED) is 0.462. The van der Waals surface area contributed by atoms with Crippen molar-refractivity contribution in [1.29, 1.82) is 0 Å². The molecule has 2 rings (SSSR count). The highest BCUT2D eigenvalue weighted by Crippen LogP contribution is 2.28. The van der Waals surface area contributed by atoms with Crippen molar-refractivity contribution in [3.05, 3.63) is 69.2 Å². The molecule has 0 aromatic heterocycles. The largest absolute Gasteiger partial charge is 0.352 e. The summed E-state index contributed by atoms with van der Waals surface area (Å²) in [6, 6.07) is 12.8. The zero-order valence-corrected chi connectivity index (χ0v) is 20.8. The van der Waals surface area contributed by atoms with Crippen molar-refractivity contribution in [2.45, 2.75) is 58.5 Å². The number of rotatable bonds is 10. The summed E-state index contributed by atoms with van der Waals surface area (Å²) in [6.45, 7) is 8.17. The van der Waals surface area contributed by atoms with E-state index in [1.807, 2.05) is 52.0 Å². The van der Waals surface area contributed by atoms with Gasteiger partial charge in [0.25, 0.3) is 0 Å². The first-order chi connectivity index (χ1) is 14.7. The summed E-state index contributed by atoms with van der Waals surface area (Å²) in [6.07, 6.45) is 0.539. The smallest absolute Gasteiger partial charge is 0.243 e. The number of aryl methyl sites for hydroxylation is 1. The van der Waals surface area contributed by atoms with Crippen molar-refractivity contribution in [2.24, 2.45) is 0 Å². The van der Waals surface area contributed by atoms with E-state index >= 15 is 0 Å². The van der Waals surface area contributed by atoms with Crippen LogP contribution in [0.3, 0.4) is 0 Å². The van der Waals surface area contributed by atoms with E-state index in [0.717, 1.165) is 16.7 Å². The van der Waals surface area contributed by atoms with E-state index in [1.165, 1.54) is 11.8 Å². The lowest BCUT2D eigenvalue weighted by atomic mass is 10.1. The van der Waals surface area contributed by atoms with Gasteiger partial charge in [-0.15, -0.1) is 11.8 Å². The van der Waals surface area contributed by atoms with Gasteiger partial charge >= 0.3 is 0 Å². The van der Waals surface area contributed by atoms with Crippen LogP contribution < -0.4 is 5.32 Å². The lowest BCUT2D eigenvalue weighted by molar-refractivity contribution is -0.139. The lowest BCUT2D eigenvalue weighted by Crippen LogP contribution is -2.51. The van der Waals surface area contributed by atoms with Crippen molar-refractivity contribution in [2.75, 3.05) is 5.75 Å². The minimum Gasteiger partial charge on any atom is -0.352 e. The fraction of sp³-hybridized carbons (Fsp3) is 0.417. The minimum absolute atomic E-state index is 0.00806. The molecule has 0 unspecified atom stereocenters. The van der Waals surface area contributed by atoms with E-state index in [9.17, 15) is 9.59 Å². The van der Waals surface area contributed by atoms with E-state index < -0.39 is 6.04 Å². The molecule has 1 atom stereocenters. The molecule has 7 heteroatoms. The van der Waals surface area contributed by atoms with Gasteiger partial charge in [-0.3, -0.25) is 9.59 Å².